The summed E-state index contributed by atoms with van der Waals surface area (Å²) in [4.78, 5) is 0. The van der Waals surface area contributed by atoms with Crippen molar-refractivity contribution in [1.82, 2.24) is 10.6 Å². The van der Waals surface area contributed by atoms with Crippen LogP contribution in [0.2, 0.25) is 0 Å². The molecule has 0 spiro atoms. The molecule has 0 heterocycles. The highest BCUT2D eigenvalue weighted by Crippen LogP contribution is 2.10. The first kappa shape index (κ1) is 20.3. The van der Waals surface area contributed by atoms with Gasteiger partial charge in [-0.3, -0.25) is 0 Å². The van der Waals surface area contributed by atoms with Gasteiger partial charge in [0, 0.05) is 25.2 Å². The molecule has 0 bridgehead atoms. The fourth-order valence-corrected chi connectivity index (χ4v) is 3.44. The van der Waals surface area contributed by atoms with E-state index >= 15 is 0 Å². The molecule has 0 fully saturated rings. The molecule has 28 heavy (non-hydrogen) atoms. The van der Waals surface area contributed by atoms with Crippen LogP contribution < -0.4 is 10.6 Å². The van der Waals surface area contributed by atoms with Gasteiger partial charge in [-0.15, -0.1) is 0 Å². The molecule has 2 unspecified atom stereocenters. The largest absolute Gasteiger partial charge is 0.310 e. The SMILES string of the molecule is CC(Cc1ccc(CC(C)NCc2ccccc2)cc1)NCc1ccccc1. The lowest BCUT2D eigenvalue weighted by atomic mass is 10.0. The molecular formula is C26H32N2. The molecule has 2 atom stereocenters. The van der Waals surface area contributed by atoms with Crippen molar-refractivity contribution in [3.05, 3.63) is 107 Å². The van der Waals surface area contributed by atoms with Gasteiger partial charge in [0.2, 0.25) is 0 Å². The van der Waals surface area contributed by atoms with Gasteiger partial charge in [0.1, 0.15) is 0 Å². The van der Waals surface area contributed by atoms with Crippen molar-refractivity contribution in [2.75, 3.05) is 0 Å². The number of hydrogen-bond donors (Lipinski definition) is 2. The van der Waals surface area contributed by atoms with Gasteiger partial charge < -0.3 is 10.6 Å². The zero-order valence-electron chi connectivity index (χ0n) is 17.1. The predicted octanol–water partition coefficient (Wildman–Crippen LogP) is 5.13. The molecule has 146 valence electrons. The van der Waals surface area contributed by atoms with Crippen molar-refractivity contribution in [3.8, 4) is 0 Å². The van der Waals surface area contributed by atoms with E-state index in [9.17, 15) is 0 Å². The van der Waals surface area contributed by atoms with Crippen molar-refractivity contribution in [2.45, 2.75) is 51.9 Å². The molecule has 2 nitrogen and oxygen atoms in total. The van der Waals surface area contributed by atoms with Gasteiger partial charge in [-0.2, -0.15) is 0 Å². The van der Waals surface area contributed by atoms with Crippen LogP contribution >= 0.6 is 0 Å². The Morgan fingerprint density at radius 3 is 1.21 bits per heavy atom. The van der Waals surface area contributed by atoms with Crippen LogP contribution in [0.3, 0.4) is 0 Å². The van der Waals surface area contributed by atoms with Crippen molar-refractivity contribution in [3.63, 3.8) is 0 Å². The molecule has 2 heteroatoms. The Morgan fingerprint density at radius 2 is 0.857 bits per heavy atom. The first-order valence-corrected chi connectivity index (χ1v) is 10.3. The molecule has 0 aliphatic carbocycles. The van der Waals surface area contributed by atoms with Crippen LogP contribution in [-0.2, 0) is 25.9 Å². The zero-order valence-corrected chi connectivity index (χ0v) is 17.1. The van der Waals surface area contributed by atoms with E-state index in [0.717, 1.165) is 25.9 Å². The Hall–Kier alpha value is -2.42. The molecule has 3 aromatic carbocycles. The van der Waals surface area contributed by atoms with E-state index in [1.165, 1.54) is 22.3 Å². The van der Waals surface area contributed by atoms with Crippen LogP contribution in [0.4, 0.5) is 0 Å². The van der Waals surface area contributed by atoms with Crippen LogP contribution in [0.15, 0.2) is 84.9 Å². The van der Waals surface area contributed by atoms with Crippen LogP contribution in [0.25, 0.3) is 0 Å². The number of hydrogen-bond acceptors (Lipinski definition) is 2. The molecule has 0 radical (unpaired) electrons. The summed E-state index contributed by atoms with van der Waals surface area (Å²) in [7, 11) is 0. The Kier molecular flexibility index (Phi) is 7.83. The third-order valence-corrected chi connectivity index (χ3v) is 5.10. The molecule has 0 saturated heterocycles. The summed E-state index contributed by atoms with van der Waals surface area (Å²) in [6.07, 6.45) is 2.10. The smallest absolute Gasteiger partial charge is 0.0208 e. The fourth-order valence-electron chi connectivity index (χ4n) is 3.44. The Balaban J connectivity index is 1.41. The minimum absolute atomic E-state index is 0.456. The van der Waals surface area contributed by atoms with Gasteiger partial charge in [-0.05, 0) is 48.9 Å². The lowest BCUT2D eigenvalue weighted by Gasteiger charge is -2.16. The molecule has 0 aromatic heterocycles. The minimum atomic E-state index is 0.456. The van der Waals surface area contributed by atoms with Gasteiger partial charge in [0.25, 0.3) is 0 Å². The maximum Gasteiger partial charge on any atom is 0.0208 e. The highest BCUT2D eigenvalue weighted by atomic mass is 14.9. The molecule has 3 rings (SSSR count). The zero-order chi connectivity index (χ0) is 19.6. The molecule has 2 N–H and O–H groups in total. The third kappa shape index (κ3) is 6.95. The van der Waals surface area contributed by atoms with E-state index < -0.39 is 0 Å². The van der Waals surface area contributed by atoms with E-state index in [0.29, 0.717) is 12.1 Å². The molecule has 0 amide bonds. The van der Waals surface area contributed by atoms with E-state index in [1.807, 2.05) is 0 Å². The lowest BCUT2D eigenvalue weighted by Crippen LogP contribution is -2.28. The summed E-state index contributed by atoms with van der Waals surface area (Å²) in [5.41, 5.74) is 5.45. The molecular weight excluding hydrogens is 340 g/mol. The second-order valence-electron chi connectivity index (χ2n) is 7.76. The monoisotopic (exact) mass is 372 g/mol. The van der Waals surface area contributed by atoms with E-state index in [2.05, 4.69) is 109 Å². The van der Waals surface area contributed by atoms with E-state index in [1.54, 1.807) is 0 Å². The van der Waals surface area contributed by atoms with Gasteiger partial charge in [0.15, 0.2) is 0 Å². The average Bonchev–Trinajstić information content (AvgIpc) is 2.74. The van der Waals surface area contributed by atoms with Crippen molar-refractivity contribution >= 4 is 0 Å². The number of nitrogens with one attached hydrogen (secondary N) is 2. The number of rotatable bonds is 10. The quantitative estimate of drug-likeness (QED) is 0.516. The summed E-state index contributed by atoms with van der Waals surface area (Å²) in [6.45, 7) is 6.36. The lowest BCUT2D eigenvalue weighted by molar-refractivity contribution is 0.542. The van der Waals surface area contributed by atoms with Crippen LogP contribution in [-0.4, -0.2) is 12.1 Å². The second kappa shape index (κ2) is 10.8. The Bertz CT molecular complexity index is 726. The van der Waals surface area contributed by atoms with Crippen LogP contribution in [0, 0.1) is 0 Å². The van der Waals surface area contributed by atoms with Crippen molar-refractivity contribution in [1.29, 1.82) is 0 Å². The summed E-state index contributed by atoms with van der Waals surface area (Å²) in [6, 6.07) is 31.2. The van der Waals surface area contributed by atoms with Crippen molar-refractivity contribution in [2.24, 2.45) is 0 Å². The molecule has 0 aliphatic rings. The topological polar surface area (TPSA) is 24.1 Å². The van der Waals surface area contributed by atoms with Gasteiger partial charge in [-0.1, -0.05) is 84.9 Å². The summed E-state index contributed by atoms with van der Waals surface area (Å²) in [5, 5.41) is 7.23. The predicted molar refractivity (Wildman–Crippen MR) is 119 cm³/mol. The first-order valence-electron chi connectivity index (χ1n) is 10.3. The molecule has 0 aliphatic heterocycles. The average molecular weight is 373 g/mol. The minimum Gasteiger partial charge on any atom is -0.310 e. The van der Waals surface area contributed by atoms with E-state index in [-0.39, 0.29) is 0 Å². The standard InChI is InChI=1S/C26H32N2/c1-21(27-19-25-9-5-3-6-10-25)17-23-13-15-24(16-14-23)18-22(2)28-20-26-11-7-4-8-12-26/h3-16,21-22,27-28H,17-20H2,1-2H3. The second-order valence-corrected chi connectivity index (χ2v) is 7.76. The fraction of sp³-hybridized carbons (Fsp3) is 0.308. The van der Waals surface area contributed by atoms with Gasteiger partial charge >= 0.3 is 0 Å². The first-order chi connectivity index (χ1) is 13.7. The molecule has 0 saturated carbocycles. The van der Waals surface area contributed by atoms with Gasteiger partial charge in [0.05, 0.1) is 0 Å². The Labute approximate surface area is 170 Å². The maximum atomic E-state index is 3.62. The maximum absolute atomic E-state index is 3.62. The van der Waals surface area contributed by atoms with Crippen LogP contribution in [0.1, 0.15) is 36.1 Å². The van der Waals surface area contributed by atoms with Crippen LogP contribution in [0.5, 0.6) is 0 Å². The third-order valence-electron chi connectivity index (χ3n) is 5.10. The normalized spacial score (nSPS) is 13.2. The van der Waals surface area contributed by atoms with E-state index in [4.69, 9.17) is 0 Å². The summed E-state index contributed by atoms with van der Waals surface area (Å²) < 4.78 is 0. The number of benzene rings is 3. The summed E-state index contributed by atoms with van der Waals surface area (Å²) >= 11 is 0. The van der Waals surface area contributed by atoms with Gasteiger partial charge in [-0.25, -0.2) is 0 Å². The van der Waals surface area contributed by atoms with Crippen molar-refractivity contribution < 1.29 is 0 Å². The Morgan fingerprint density at radius 1 is 0.500 bits per heavy atom. The molecule has 3 aromatic rings. The highest BCUT2D eigenvalue weighted by molar-refractivity contribution is 5.24. The highest BCUT2D eigenvalue weighted by Gasteiger charge is 2.06. The summed E-state index contributed by atoms with van der Waals surface area (Å²) in [5.74, 6) is 0.